The van der Waals surface area contributed by atoms with Crippen LogP contribution in [0.2, 0.25) is 0 Å². The number of aromatic nitrogens is 4. The van der Waals surface area contributed by atoms with E-state index in [-0.39, 0.29) is 11.5 Å². The normalized spacial score (nSPS) is 10.5. The molecule has 116 valence electrons. The van der Waals surface area contributed by atoms with E-state index in [0.29, 0.717) is 17.9 Å². The largest absolute Gasteiger partial charge is 0.352 e. The van der Waals surface area contributed by atoms with E-state index in [1.807, 2.05) is 6.07 Å². The van der Waals surface area contributed by atoms with Crippen LogP contribution in [0.5, 0.6) is 0 Å². The lowest BCUT2D eigenvalue weighted by molar-refractivity contribution is -0.119. The summed E-state index contributed by atoms with van der Waals surface area (Å²) in [5.41, 5.74) is 1.91. The summed E-state index contributed by atoms with van der Waals surface area (Å²) in [5, 5.41) is 5.62. The Hall–Kier alpha value is -3.22. The van der Waals surface area contributed by atoms with Crippen molar-refractivity contribution in [2.75, 3.05) is 0 Å². The van der Waals surface area contributed by atoms with Crippen LogP contribution in [-0.2, 0) is 11.3 Å². The van der Waals surface area contributed by atoms with Crippen molar-refractivity contribution in [1.82, 2.24) is 25.1 Å². The molecule has 7 heteroatoms. The van der Waals surface area contributed by atoms with Gasteiger partial charge < -0.3 is 5.32 Å². The van der Waals surface area contributed by atoms with Gasteiger partial charge in [0.25, 0.3) is 5.56 Å². The number of amides is 1. The van der Waals surface area contributed by atoms with Crippen LogP contribution < -0.4 is 10.9 Å². The summed E-state index contributed by atoms with van der Waals surface area (Å²) in [5.74, 6) is 0.354. The van der Waals surface area contributed by atoms with E-state index in [2.05, 4.69) is 20.4 Å². The third-order valence-corrected chi connectivity index (χ3v) is 3.32. The molecule has 1 amide bonds. The second-order valence-corrected chi connectivity index (χ2v) is 5.00. The number of hydrogen-bond donors (Lipinski definition) is 2. The summed E-state index contributed by atoms with van der Waals surface area (Å²) in [7, 11) is 0. The van der Waals surface area contributed by atoms with Crippen LogP contribution in [0.1, 0.15) is 12.5 Å². The standard InChI is InChI=1S/C16H15N5O2/c1-11(22)19-8-12-4-6-18-15(7-12)21-16(23)14(10-20-21)13-3-2-5-17-9-13/h2-7,9-10,20H,8H2,1H3,(H,19,22). The third kappa shape index (κ3) is 3.18. The zero-order valence-corrected chi connectivity index (χ0v) is 12.5. The summed E-state index contributed by atoms with van der Waals surface area (Å²) in [6.07, 6.45) is 6.52. The minimum absolute atomic E-state index is 0.112. The van der Waals surface area contributed by atoms with Crippen LogP contribution in [0.4, 0.5) is 0 Å². The second kappa shape index (κ2) is 6.27. The SMILES string of the molecule is CC(=O)NCc1ccnc(-n2[nH]cc(-c3cccnc3)c2=O)c1. The van der Waals surface area contributed by atoms with Crippen molar-refractivity contribution in [1.29, 1.82) is 0 Å². The first-order chi connectivity index (χ1) is 11.1. The van der Waals surface area contributed by atoms with E-state index >= 15 is 0 Å². The van der Waals surface area contributed by atoms with Gasteiger partial charge in [-0.2, -0.15) is 0 Å². The molecule has 3 aromatic heterocycles. The quantitative estimate of drug-likeness (QED) is 0.759. The van der Waals surface area contributed by atoms with Gasteiger partial charge in [-0.25, -0.2) is 9.67 Å². The van der Waals surface area contributed by atoms with Crippen molar-refractivity contribution in [2.24, 2.45) is 0 Å². The number of carbonyl (C=O) groups excluding carboxylic acids is 1. The van der Waals surface area contributed by atoms with Crippen molar-refractivity contribution in [3.05, 3.63) is 65.0 Å². The van der Waals surface area contributed by atoms with Gasteiger partial charge in [0.05, 0.1) is 5.56 Å². The van der Waals surface area contributed by atoms with Gasteiger partial charge in [-0.15, -0.1) is 0 Å². The molecule has 0 fully saturated rings. The Bertz CT molecular complexity index is 883. The molecule has 0 aliphatic carbocycles. The summed E-state index contributed by atoms with van der Waals surface area (Å²) < 4.78 is 1.36. The highest BCUT2D eigenvalue weighted by atomic mass is 16.1. The Morgan fingerprint density at radius 2 is 2.22 bits per heavy atom. The van der Waals surface area contributed by atoms with E-state index < -0.39 is 0 Å². The maximum atomic E-state index is 12.5. The molecule has 3 heterocycles. The van der Waals surface area contributed by atoms with E-state index in [9.17, 15) is 9.59 Å². The summed E-state index contributed by atoms with van der Waals surface area (Å²) in [4.78, 5) is 31.8. The molecular weight excluding hydrogens is 294 g/mol. The van der Waals surface area contributed by atoms with E-state index in [1.165, 1.54) is 11.6 Å². The van der Waals surface area contributed by atoms with E-state index in [4.69, 9.17) is 0 Å². The highest BCUT2D eigenvalue weighted by Gasteiger charge is 2.11. The van der Waals surface area contributed by atoms with Gasteiger partial charge in [-0.05, 0) is 23.8 Å². The van der Waals surface area contributed by atoms with Gasteiger partial charge >= 0.3 is 0 Å². The molecule has 0 aliphatic heterocycles. The summed E-state index contributed by atoms with van der Waals surface area (Å²) in [6.45, 7) is 1.84. The zero-order valence-electron chi connectivity index (χ0n) is 12.5. The van der Waals surface area contributed by atoms with Crippen LogP contribution >= 0.6 is 0 Å². The van der Waals surface area contributed by atoms with Gasteiger partial charge in [-0.3, -0.25) is 19.7 Å². The number of aromatic amines is 1. The number of rotatable bonds is 4. The fraction of sp³-hybridized carbons (Fsp3) is 0.125. The van der Waals surface area contributed by atoms with Crippen LogP contribution in [0.3, 0.4) is 0 Å². The highest BCUT2D eigenvalue weighted by Crippen LogP contribution is 2.13. The predicted octanol–water partition coefficient (Wildman–Crippen LogP) is 1.26. The summed E-state index contributed by atoms with van der Waals surface area (Å²) in [6, 6.07) is 7.14. The number of carbonyl (C=O) groups is 1. The van der Waals surface area contributed by atoms with Crippen molar-refractivity contribution in [2.45, 2.75) is 13.5 Å². The predicted molar refractivity (Wildman–Crippen MR) is 84.9 cm³/mol. The van der Waals surface area contributed by atoms with Crippen molar-refractivity contribution in [3.8, 4) is 16.9 Å². The average molecular weight is 309 g/mol. The highest BCUT2D eigenvalue weighted by molar-refractivity contribution is 5.72. The Labute approximate surface area is 132 Å². The second-order valence-electron chi connectivity index (χ2n) is 5.00. The van der Waals surface area contributed by atoms with Gasteiger partial charge in [0.1, 0.15) is 0 Å². The number of nitrogens with one attached hydrogen (secondary N) is 2. The molecule has 0 spiro atoms. The van der Waals surface area contributed by atoms with Crippen molar-refractivity contribution in [3.63, 3.8) is 0 Å². The van der Waals surface area contributed by atoms with Crippen LogP contribution in [0, 0.1) is 0 Å². The minimum atomic E-state index is -0.206. The molecule has 3 aromatic rings. The van der Waals surface area contributed by atoms with Gasteiger partial charge in [0.15, 0.2) is 5.82 Å². The zero-order chi connectivity index (χ0) is 16.2. The number of H-pyrrole nitrogens is 1. The third-order valence-electron chi connectivity index (χ3n) is 3.32. The molecular formula is C16H15N5O2. The first-order valence-corrected chi connectivity index (χ1v) is 7.06. The Morgan fingerprint density at radius 3 is 2.96 bits per heavy atom. The fourth-order valence-electron chi connectivity index (χ4n) is 2.19. The van der Waals surface area contributed by atoms with Gasteiger partial charge in [-0.1, -0.05) is 6.07 Å². The molecule has 0 atom stereocenters. The molecule has 0 unspecified atom stereocenters. The molecule has 0 saturated carbocycles. The lowest BCUT2D eigenvalue weighted by atomic mass is 10.2. The lowest BCUT2D eigenvalue weighted by Crippen LogP contribution is -2.20. The summed E-state index contributed by atoms with van der Waals surface area (Å²) >= 11 is 0. The maximum Gasteiger partial charge on any atom is 0.280 e. The van der Waals surface area contributed by atoms with E-state index in [1.54, 1.807) is 43.0 Å². The van der Waals surface area contributed by atoms with Gasteiger partial charge in [0.2, 0.25) is 5.91 Å². The van der Waals surface area contributed by atoms with Crippen molar-refractivity contribution >= 4 is 5.91 Å². The molecule has 0 aromatic carbocycles. The van der Waals surface area contributed by atoms with E-state index in [0.717, 1.165) is 11.1 Å². The maximum absolute atomic E-state index is 12.5. The fourth-order valence-corrected chi connectivity index (χ4v) is 2.19. The van der Waals surface area contributed by atoms with Crippen LogP contribution in [0.25, 0.3) is 16.9 Å². The Morgan fingerprint density at radius 1 is 1.35 bits per heavy atom. The Kier molecular flexibility index (Phi) is 4.01. The van der Waals surface area contributed by atoms with Crippen LogP contribution in [-0.4, -0.2) is 25.7 Å². The Balaban J connectivity index is 1.94. The lowest BCUT2D eigenvalue weighted by Gasteiger charge is -2.05. The molecule has 0 radical (unpaired) electrons. The van der Waals surface area contributed by atoms with Crippen molar-refractivity contribution < 1.29 is 4.79 Å². The first-order valence-electron chi connectivity index (χ1n) is 7.06. The van der Waals surface area contributed by atoms with Crippen LogP contribution in [0.15, 0.2) is 53.8 Å². The molecule has 23 heavy (non-hydrogen) atoms. The molecule has 2 N–H and O–H groups in total. The smallest absolute Gasteiger partial charge is 0.280 e. The number of pyridine rings is 2. The molecule has 0 bridgehead atoms. The topological polar surface area (TPSA) is 92.7 Å². The monoisotopic (exact) mass is 309 g/mol. The number of nitrogens with zero attached hydrogens (tertiary/aromatic N) is 3. The molecule has 7 nitrogen and oxygen atoms in total. The van der Waals surface area contributed by atoms with Gasteiger partial charge in [0, 0.05) is 43.8 Å². The molecule has 0 aliphatic rings. The number of hydrogen-bond acceptors (Lipinski definition) is 4. The molecule has 0 saturated heterocycles. The minimum Gasteiger partial charge on any atom is -0.352 e. The average Bonchev–Trinajstić information content (AvgIpc) is 2.95. The first kappa shape index (κ1) is 14.7. The molecule has 3 rings (SSSR count).